The molecular weight excluding hydrogens is 240 g/mol. The van der Waals surface area contributed by atoms with E-state index in [4.69, 9.17) is 9.84 Å². The van der Waals surface area contributed by atoms with E-state index in [1.807, 2.05) is 0 Å². The Morgan fingerprint density at radius 1 is 1.44 bits per heavy atom. The van der Waals surface area contributed by atoms with Crippen molar-refractivity contribution in [3.8, 4) is 0 Å². The standard InChI is InChI=1S/C11H20N2O5/c1-3-4-6-18-7-5-12-11(16)13-9(8-17-2)10(14)15/h3,9H,1,4-8H2,2H3,(H,14,15)(H2,12,13,16). The zero-order valence-electron chi connectivity index (χ0n) is 10.5. The molecule has 0 aromatic carbocycles. The number of carboxylic acids is 1. The van der Waals surface area contributed by atoms with Crippen molar-refractivity contribution in [2.24, 2.45) is 0 Å². The van der Waals surface area contributed by atoms with Crippen LogP contribution in [0.3, 0.4) is 0 Å². The highest BCUT2D eigenvalue weighted by molar-refractivity contribution is 5.82. The van der Waals surface area contributed by atoms with E-state index in [2.05, 4.69) is 21.9 Å². The lowest BCUT2D eigenvalue weighted by Crippen LogP contribution is -2.48. The summed E-state index contributed by atoms with van der Waals surface area (Å²) in [5, 5.41) is 13.5. The van der Waals surface area contributed by atoms with Crippen LogP contribution in [0.1, 0.15) is 6.42 Å². The van der Waals surface area contributed by atoms with Crippen LogP contribution in [0.4, 0.5) is 4.79 Å². The van der Waals surface area contributed by atoms with Crippen molar-refractivity contribution in [3.05, 3.63) is 12.7 Å². The van der Waals surface area contributed by atoms with E-state index in [1.165, 1.54) is 7.11 Å². The molecule has 0 saturated heterocycles. The molecule has 0 radical (unpaired) electrons. The Kier molecular flexibility index (Phi) is 9.61. The van der Waals surface area contributed by atoms with Crippen molar-refractivity contribution in [2.45, 2.75) is 12.5 Å². The smallest absolute Gasteiger partial charge is 0.328 e. The van der Waals surface area contributed by atoms with Gasteiger partial charge in [-0.1, -0.05) is 6.08 Å². The quantitative estimate of drug-likeness (QED) is 0.379. The van der Waals surface area contributed by atoms with Crippen LogP contribution in [-0.2, 0) is 14.3 Å². The minimum Gasteiger partial charge on any atom is -0.480 e. The molecule has 0 aliphatic carbocycles. The van der Waals surface area contributed by atoms with E-state index in [-0.39, 0.29) is 6.61 Å². The Labute approximate surface area is 106 Å². The topological polar surface area (TPSA) is 96.9 Å². The summed E-state index contributed by atoms with van der Waals surface area (Å²) in [5.74, 6) is -1.14. The van der Waals surface area contributed by atoms with Gasteiger partial charge in [0.05, 0.1) is 19.8 Å². The number of hydrogen-bond donors (Lipinski definition) is 3. The number of carbonyl (C=O) groups excluding carboxylic acids is 1. The number of nitrogens with one attached hydrogen (secondary N) is 2. The minimum absolute atomic E-state index is 0.0847. The van der Waals surface area contributed by atoms with E-state index in [1.54, 1.807) is 6.08 Å². The molecule has 0 spiro atoms. The van der Waals surface area contributed by atoms with Crippen LogP contribution in [-0.4, -0.2) is 56.6 Å². The predicted molar refractivity (Wildman–Crippen MR) is 65.5 cm³/mol. The van der Waals surface area contributed by atoms with Gasteiger partial charge in [-0.2, -0.15) is 0 Å². The Morgan fingerprint density at radius 2 is 2.17 bits per heavy atom. The molecule has 0 aliphatic heterocycles. The number of carboxylic acid groups (broad SMARTS) is 1. The molecular formula is C11H20N2O5. The lowest BCUT2D eigenvalue weighted by Gasteiger charge is -2.14. The van der Waals surface area contributed by atoms with Gasteiger partial charge in [0.15, 0.2) is 6.04 Å². The van der Waals surface area contributed by atoms with Crippen LogP contribution in [0.25, 0.3) is 0 Å². The normalized spacial score (nSPS) is 11.6. The third kappa shape index (κ3) is 8.54. The highest BCUT2D eigenvalue weighted by Gasteiger charge is 2.19. The molecule has 18 heavy (non-hydrogen) atoms. The molecule has 3 N–H and O–H groups in total. The Morgan fingerprint density at radius 3 is 2.72 bits per heavy atom. The van der Waals surface area contributed by atoms with Crippen molar-refractivity contribution in [2.75, 3.05) is 33.5 Å². The number of urea groups is 1. The molecule has 0 aromatic heterocycles. The number of ether oxygens (including phenoxy) is 2. The van der Waals surface area contributed by atoms with Gasteiger partial charge < -0.3 is 25.2 Å². The summed E-state index contributed by atoms with van der Waals surface area (Å²) in [4.78, 5) is 22.0. The van der Waals surface area contributed by atoms with Crippen LogP contribution in [0.15, 0.2) is 12.7 Å². The Hall–Kier alpha value is -1.60. The molecule has 1 unspecified atom stereocenters. The third-order valence-electron chi connectivity index (χ3n) is 1.94. The van der Waals surface area contributed by atoms with Gasteiger partial charge in [0.2, 0.25) is 0 Å². The second-order valence-corrected chi connectivity index (χ2v) is 3.44. The zero-order valence-corrected chi connectivity index (χ0v) is 10.5. The number of rotatable bonds is 10. The van der Waals surface area contributed by atoms with Gasteiger partial charge >= 0.3 is 12.0 Å². The van der Waals surface area contributed by atoms with Gasteiger partial charge in [-0.05, 0) is 6.42 Å². The first kappa shape index (κ1) is 16.4. The fraction of sp³-hybridized carbons (Fsp3) is 0.636. The van der Waals surface area contributed by atoms with E-state index in [9.17, 15) is 9.59 Å². The van der Waals surface area contributed by atoms with Gasteiger partial charge in [-0.15, -0.1) is 6.58 Å². The minimum atomic E-state index is -1.14. The lowest BCUT2D eigenvalue weighted by molar-refractivity contribution is -0.140. The average molecular weight is 260 g/mol. The molecule has 0 heterocycles. The van der Waals surface area contributed by atoms with Crippen molar-refractivity contribution >= 4 is 12.0 Å². The van der Waals surface area contributed by atoms with Crippen LogP contribution in [0.5, 0.6) is 0 Å². The molecule has 2 amide bonds. The summed E-state index contributed by atoms with van der Waals surface area (Å²) in [7, 11) is 1.36. The first-order chi connectivity index (χ1) is 8.61. The summed E-state index contributed by atoms with van der Waals surface area (Å²) in [6.07, 6.45) is 2.49. The number of amides is 2. The molecule has 104 valence electrons. The Bertz CT molecular complexity index is 270. The first-order valence-electron chi connectivity index (χ1n) is 5.56. The van der Waals surface area contributed by atoms with Crippen LogP contribution in [0, 0.1) is 0 Å². The highest BCUT2D eigenvalue weighted by Crippen LogP contribution is 1.86. The molecule has 0 aromatic rings. The van der Waals surface area contributed by atoms with Gasteiger partial charge in [-0.25, -0.2) is 9.59 Å². The molecule has 7 heteroatoms. The second kappa shape index (κ2) is 10.5. The molecule has 0 bridgehead atoms. The zero-order chi connectivity index (χ0) is 13.8. The molecule has 1 atom stereocenters. The van der Waals surface area contributed by atoms with Gasteiger partial charge in [0.25, 0.3) is 0 Å². The number of aliphatic carboxylic acids is 1. The maximum absolute atomic E-state index is 11.3. The van der Waals surface area contributed by atoms with E-state index >= 15 is 0 Å². The van der Waals surface area contributed by atoms with Crippen LogP contribution < -0.4 is 10.6 Å². The van der Waals surface area contributed by atoms with E-state index in [0.29, 0.717) is 19.8 Å². The van der Waals surface area contributed by atoms with Crippen molar-refractivity contribution < 1.29 is 24.2 Å². The monoisotopic (exact) mass is 260 g/mol. The predicted octanol–water partition coefficient (Wildman–Crippen LogP) is -0.0221. The SMILES string of the molecule is C=CCCOCCNC(=O)NC(COC)C(=O)O. The fourth-order valence-corrected chi connectivity index (χ4v) is 1.06. The average Bonchev–Trinajstić information content (AvgIpc) is 2.33. The van der Waals surface area contributed by atoms with Gasteiger partial charge in [0.1, 0.15) is 0 Å². The summed E-state index contributed by atoms with van der Waals surface area (Å²) < 4.78 is 9.85. The second-order valence-electron chi connectivity index (χ2n) is 3.44. The van der Waals surface area contributed by atoms with Crippen LogP contribution >= 0.6 is 0 Å². The Balaban J connectivity index is 3.68. The number of carbonyl (C=O) groups is 2. The maximum atomic E-state index is 11.3. The van der Waals surface area contributed by atoms with E-state index < -0.39 is 18.0 Å². The van der Waals surface area contributed by atoms with Crippen molar-refractivity contribution in [1.82, 2.24) is 10.6 Å². The molecule has 0 aliphatic rings. The van der Waals surface area contributed by atoms with Crippen LogP contribution in [0.2, 0.25) is 0 Å². The third-order valence-corrected chi connectivity index (χ3v) is 1.94. The summed E-state index contributed by atoms with van der Waals surface area (Å²) >= 11 is 0. The number of methoxy groups -OCH3 is 1. The lowest BCUT2D eigenvalue weighted by atomic mass is 10.3. The summed E-state index contributed by atoms with van der Waals surface area (Å²) in [5.41, 5.74) is 0. The maximum Gasteiger partial charge on any atom is 0.328 e. The molecule has 0 fully saturated rings. The molecule has 0 rings (SSSR count). The van der Waals surface area contributed by atoms with Gasteiger partial charge in [0, 0.05) is 13.7 Å². The first-order valence-corrected chi connectivity index (χ1v) is 5.56. The number of hydrogen-bond acceptors (Lipinski definition) is 4. The summed E-state index contributed by atoms with van der Waals surface area (Å²) in [6.45, 7) is 4.68. The fourth-order valence-electron chi connectivity index (χ4n) is 1.06. The van der Waals surface area contributed by atoms with Crippen molar-refractivity contribution in [3.63, 3.8) is 0 Å². The molecule has 7 nitrogen and oxygen atoms in total. The summed E-state index contributed by atoms with van der Waals surface area (Å²) in [6, 6.07) is -1.62. The van der Waals surface area contributed by atoms with E-state index in [0.717, 1.165) is 6.42 Å². The molecule has 0 saturated carbocycles. The largest absolute Gasteiger partial charge is 0.480 e. The van der Waals surface area contributed by atoms with Gasteiger partial charge in [-0.3, -0.25) is 0 Å². The highest BCUT2D eigenvalue weighted by atomic mass is 16.5. The van der Waals surface area contributed by atoms with Crippen molar-refractivity contribution in [1.29, 1.82) is 0 Å².